The normalized spacial score (nSPS) is 20.7. The molecule has 3 rings (SSSR count). The van der Waals surface area contributed by atoms with Crippen LogP contribution in [0, 0.1) is 5.92 Å². The monoisotopic (exact) mass is 432 g/mol. The molecule has 1 aromatic carbocycles. The first-order valence-electron chi connectivity index (χ1n) is 9.95. The van der Waals surface area contributed by atoms with E-state index in [1.165, 1.54) is 6.42 Å². The van der Waals surface area contributed by atoms with E-state index in [1.54, 1.807) is 0 Å². The van der Waals surface area contributed by atoms with Crippen molar-refractivity contribution in [3.8, 4) is 0 Å². The number of benzene rings is 1. The fourth-order valence-corrected chi connectivity index (χ4v) is 4.65. The van der Waals surface area contributed by atoms with E-state index in [2.05, 4.69) is 10.2 Å². The number of halogens is 3. The molecule has 2 saturated heterocycles. The molecule has 0 aliphatic carbocycles. The molecular formula is C19H27F3N4O2S. The number of sulfonamides is 1. The van der Waals surface area contributed by atoms with Crippen LogP contribution in [0.4, 0.5) is 18.9 Å². The first-order chi connectivity index (χ1) is 13.8. The molecular weight excluding hydrogens is 405 g/mol. The third-order valence-corrected chi connectivity index (χ3v) is 7.02. The van der Waals surface area contributed by atoms with Crippen molar-refractivity contribution in [3.63, 3.8) is 0 Å². The highest BCUT2D eigenvalue weighted by Gasteiger charge is 2.50. The molecule has 0 saturated carbocycles. The second-order valence-corrected chi connectivity index (χ2v) is 9.43. The topological polar surface area (TPSA) is 65.0 Å². The Morgan fingerprint density at radius 3 is 2.24 bits per heavy atom. The number of para-hydroxylation sites is 1. The highest BCUT2D eigenvalue weighted by atomic mass is 32.2. The van der Waals surface area contributed by atoms with Gasteiger partial charge in [0.1, 0.15) is 0 Å². The van der Waals surface area contributed by atoms with E-state index in [0.717, 1.165) is 37.6 Å². The molecule has 162 valence electrons. The summed E-state index contributed by atoms with van der Waals surface area (Å²) in [4.78, 5) is 6.95. The predicted molar refractivity (Wildman–Crippen MR) is 107 cm³/mol. The standard InChI is InChI=1S/C19H27F3N4O2S/c20-19(21,22)29(27,28)26-13-9-16(10-14-26)15-23-18(25-11-5-2-6-12-25)24-17-7-3-1-4-8-17/h1,3-4,7-8,16H,2,5-6,9-15H2,(H,23,24). The van der Waals surface area contributed by atoms with E-state index in [1.807, 2.05) is 30.3 Å². The van der Waals surface area contributed by atoms with Gasteiger partial charge in [-0.1, -0.05) is 18.2 Å². The Morgan fingerprint density at radius 2 is 1.66 bits per heavy atom. The summed E-state index contributed by atoms with van der Waals surface area (Å²) in [5.41, 5.74) is -4.30. The lowest BCUT2D eigenvalue weighted by Crippen LogP contribution is -2.45. The smallest absolute Gasteiger partial charge is 0.343 e. The van der Waals surface area contributed by atoms with E-state index in [9.17, 15) is 21.6 Å². The van der Waals surface area contributed by atoms with Crippen LogP contribution in [0.25, 0.3) is 0 Å². The fourth-order valence-electron chi connectivity index (χ4n) is 3.67. The average Bonchev–Trinajstić information content (AvgIpc) is 2.72. The van der Waals surface area contributed by atoms with Crippen molar-refractivity contribution in [1.29, 1.82) is 0 Å². The van der Waals surface area contributed by atoms with Gasteiger partial charge in [-0.15, -0.1) is 0 Å². The maximum Gasteiger partial charge on any atom is 0.511 e. The van der Waals surface area contributed by atoms with Crippen molar-refractivity contribution >= 4 is 21.7 Å². The number of nitrogens with one attached hydrogen (secondary N) is 1. The second-order valence-electron chi connectivity index (χ2n) is 7.50. The van der Waals surface area contributed by atoms with Crippen LogP contribution < -0.4 is 5.32 Å². The van der Waals surface area contributed by atoms with Crippen molar-refractivity contribution in [1.82, 2.24) is 9.21 Å². The molecule has 2 fully saturated rings. The third-order valence-electron chi connectivity index (χ3n) is 5.39. The minimum absolute atomic E-state index is 0.0621. The minimum atomic E-state index is -5.24. The van der Waals surface area contributed by atoms with E-state index >= 15 is 0 Å². The summed E-state index contributed by atoms with van der Waals surface area (Å²) in [6, 6.07) is 9.73. The molecule has 0 unspecified atom stereocenters. The van der Waals surface area contributed by atoms with Crippen LogP contribution in [-0.4, -0.2) is 61.8 Å². The van der Waals surface area contributed by atoms with Gasteiger partial charge in [0.15, 0.2) is 5.96 Å². The average molecular weight is 433 g/mol. The maximum absolute atomic E-state index is 12.7. The molecule has 0 aromatic heterocycles. The molecule has 1 aromatic rings. The molecule has 6 nitrogen and oxygen atoms in total. The highest BCUT2D eigenvalue weighted by Crippen LogP contribution is 2.30. The number of guanidine groups is 1. The van der Waals surface area contributed by atoms with Gasteiger partial charge in [-0.25, -0.2) is 8.42 Å². The van der Waals surface area contributed by atoms with E-state index < -0.39 is 15.5 Å². The number of aliphatic imine (C=N–C) groups is 1. The molecule has 0 bridgehead atoms. The number of hydrogen-bond donors (Lipinski definition) is 1. The zero-order valence-corrected chi connectivity index (χ0v) is 17.1. The Hall–Kier alpha value is -1.81. The second kappa shape index (κ2) is 9.34. The quantitative estimate of drug-likeness (QED) is 0.584. The van der Waals surface area contributed by atoms with E-state index in [0.29, 0.717) is 23.7 Å². The van der Waals surface area contributed by atoms with Crippen molar-refractivity contribution in [2.45, 2.75) is 37.6 Å². The molecule has 29 heavy (non-hydrogen) atoms. The Bertz CT molecular complexity index is 785. The summed E-state index contributed by atoms with van der Waals surface area (Å²) in [7, 11) is -5.24. The molecule has 2 aliphatic heterocycles. The number of nitrogens with zero attached hydrogens (tertiary/aromatic N) is 3. The first kappa shape index (κ1) is 21.9. The minimum Gasteiger partial charge on any atom is -0.343 e. The number of likely N-dealkylation sites (tertiary alicyclic amines) is 1. The Balaban J connectivity index is 1.62. The summed E-state index contributed by atoms with van der Waals surface area (Å²) >= 11 is 0. The summed E-state index contributed by atoms with van der Waals surface area (Å²) in [6.07, 6.45) is 4.14. The number of rotatable bonds is 4. The van der Waals surface area contributed by atoms with Gasteiger partial charge in [0.05, 0.1) is 0 Å². The van der Waals surface area contributed by atoms with Crippen molar-refractivity contribution in [2.24, 2.45) is 10.9 Å². The van der Waals surface area contributed by atoms with E-state index in [-0.39, 0.29) is 19.0 Å². The Morgan fingerprint density at radius 1 is 1.03 bits per heavy atom. The molecule has 10 heteroatoms. The van der Waals surface area contributed by atoms with Crippen LogP contribution in [0.5, 0.6) is 0 Å². The summed E-state index contributed by atoms with van der Waals surface area (Å²) in [6.45, 7) is 2.06. The van der Waals surface area contributed by atoms with E-state index in [4.69, 9.17) is 4.99 Å². The van der Waals surface area contributed by atoms with Gasteiger partial charge in [0.2, 0.25) is 0 Å². The van der Waals surface area contributed by atoms with Crippen LogP contribution in [0.3, 0.4) is 0 Å². The van der Waals surface area contributed by atoms with Gasteiger partial charge in [-0.2, -0.15) is 17.5 Å². The van der Waals surface area contributed by atoms with Crippen LogP contribution >= 0.6 is 0 Å². The Kier molecular flexibility index (Phi) is 7.05. The summed E-state index contributed by atoms with van der Waals surface area (Å²) < 4.78 is 61.8. The SMILES string of the molecule is O=S(=O)(N1CCC(CN=C(Nc2ccccc2)N2CCCCC2)CC1)C(F)(F)F. The van der Waals surface area contributed by atoms with Crippen molar-refractivity contribution < 1.29 is 21.6 Å². The maximum atomic E-state index is 12.7. The lowest BCUT2D eigenvalue weighted by atomic mass is 9.98. The zero-order chi connectivity index (χ0) is 20.9. The molecule has 0 atom stereocenters. The number of anilines is 1. The summed E-state index contributed by atoms with van der Waals surface area (Å²) in [5, 5.41) is 3.36. The van der Waals surface area contributed by atoms with Crippen LogP contribution in [-0.2, 0) is 10.0 Å². The first-order valence-corrected chi connectivity index (χ1v) is 11.4. The Labute approximate surface area is 169 Å². The van der Waals surface area contributed by atoms with Gasteiger partial charge < -0.3 is 10.2 Å². The van der Waals surface area contributed by atoms with Crippen LogP contribution in [0.2, 0.25) is 0 Å². The number of alkyl halides is 3. The van der Waals surface area contributed by atoms with Crippen LogP contribution in [0.1, 0.15) is 32.1 Å². The molecule has 0 radical (unpaired) electrons. The van der Waals surface area contributed by atoms with Gasteiger partial charge in [0.25, 0.3) is 0 Å². The van der Waals surface area contributed by atoms with Gasteiger partial charge in [0, 0.05) is 38.4 Å². The molecule has 0 amide bonds. The largest absolute Gasteiger partial charge is 0.511 e. The lowest BCUT2D eigenvalue weighted by molar-refractivity contribution is -0.0496. The summed E-state index contributed by atoms with van der Waals surface area (Å²) in [5.74, 6) is 0.841. The number of hydrogen-bond acceptors (Lipinski definition) is 3. The zero-order valence-electron chi connectivity index (χ0n) is 16.2. The van der Waals surface area contributed by atoms with Crippen molar-refractivity contribution in [3.05, 3.63) is 30.3 Å². The fraction of sp³-hybridized carbons (Fsp3) is 0.632. The molecule has 0 spiro atoms. The van der Waals surface area contributed by atoms with Gasteiger partial charge in [-0.3, -0.25) is 4.99 Å². The van der Waals surface area contributed by atoms with Crippen LogP contribution in [0.15, 0.2) is 35.3 Å². The van der Waals surface area contributed by atoms with Crippen molar-refractivity contribution in [2.75, 3.05) is 38.0 Å². The molecule has 2 aliphatic rings. The lowest BCUT2D eigenvalue weighted by Gasteiger charge is -2.32. The van der Waals surface area contributed by atoms with Gasteiger partial charge >= 0.3 is 15.5 Å². The molecule has 2 heterocycles. The van der Waals surface area contributed by atoms with Gasteiger partial charge in [-0.05, 0) is 50.2 Å². The number of piperidine rings is 2. The predicted octanol–water partition coefficient (Wildman–Crippen LogP) is 3.50. The molecule has 1 N–H and O–H groups in total. The third kappa shape index (κ3) is 5.63. The highest BCUT2D eigenvalue weighted by molar-refractivity contribution is 7.90.